The Bertz CT molecular complexity index is 1140. The number of hydrogen-bond acceptors (Lipinski definition) is 5. The zero-order chi connectivity index (χ0) is 24.6. The molecule has 1 amide bonds. The molecule has 1 atom stereocenters. The van der Waals surface area contributed by atoms with Gasteiger partial charge in [0.1, 0.15) is 0 Å². The molecule has 1 fully saturated rings. The fraction of sp³-hybridized carbons (Fsp3) is 0.250. The molecule has 0 aliphatic carbocycles. The molecule has 1 aliphatic heterocycles. The lowest BCUT2D eigenvalue weighted by Gasteiger charge is -2.39. The minimum Gasteiger partial charge on any atom is -0.504 e. The standard InChI is InChI=1S/C28H30ClN3O3/c29-24-10-8-23(9-11-24)28(22-4-2-1-3-5-22)32-18-16-31(17-19-32)15-14-30-27(35)13-7-21-6-12-25(33)26(34)20-21/h1-13,20,28,33-34H,14-19H2,(H,30,35)/b13-7+. The normalized spacial score (nSPS) is 15.8. The second-order valence-corrected chi connectivity index (χ2v) is 9.05. The van der Waals surface area contributed by atoms with E-state index in [1.165, 1.54) is 29.3 Å². The van der Waals surface area contributed by atoms with E-state index in [1.54, 1.807) is 12.1 Å². The zero-order valence-corrected chi connectivity index (χ0v) is 20.2. The molecule has 3 aromatic carbocycles. The predicted octanol–water partition coefficient (Wildman–Crippen LogP) is 4.29. The Balaban J connectivity index is 1.27. The van der Waals surface area contributed by atoms with Gasteiger partial charge >= 0.3 is 0 Å². The van der Waals surface area contributed by atoms with Crippen LogP contribution >= 0.6 is 11.6 Å². The largest absolute Gasteiger partial charge is 0.504 e. The molecule has 0 spiro atoms. The van der Waals surface area contributed by atoms with E-state index < -0.39 is 0 Å². The number of carbonyl (C=O) groups excluding carboxylic acids is 1. The van der Waals surface area contributed by atoms with Crippen LogP contribution < -0.4 is 5.32 Å². The van der Waals surface area contributed by atoms with Crippen molar-refractivity contribution in [3.8, 4) is 11.5 Å². The van der Waals surface area contributed by atoms with Gasteiger partial charge in [0, 0.05) is 50.4 Å². The fourth-order valence-corrected chi connectivity index (χ4v) is 4.48. The van der Waals surface area contributed by atoms with E-state index >= 15 is 0 Å². The number of nitrogens with one attached hydrogen (secondary N) is 1. The second-order valence-electron chi connectivity index (χ2n) is 8.61. The summed E-state index contributed by atoms with van der Waals surface area (Å²) in [7, 11) is 0. The maximum Gasteiger partial charge on any atom is 0.244 e. The van der Waals surface area contributed by atoms with E-state index in [0.717, 1.165) is 37.7 Å². The lowest BCUT2D eigenvalue weighted by molar-refractivity contribution is -0.116. The molecule has 0 bridgehead atoms. The molecular formula is C28H30ClN3O3. The van der Waals surface area contributed by atoms with Crippen LogP contribution in [0.5, 0.6) is 11.5 Å². The third-order valence-electron chi connectivity index (χ3n) is 6.23. The van der Waals surface area contributed by atoms with Crippen LogP contribution in [0, 0.1) is 0 Å². The van der Waals surface area contributed by atoms with Gasteiger partial charge in [0.2, 0.25) is 5.91 Å². The average molecular weight is 492 g/mol. The van der Waals surface area contributed by atoms with E-state index in [-0.39, 0.29) is 23.4 Å². The molecule has 182 valence electrons. The lowest BCUT2D eigenvalue weighted by Crippen LogP contribution is -2.49. The van der Waals surface area contributed by atoms with Gasteiger partial charge in [-0.3, -0.25) is 14.6 Å². The number of phenols is 2. The molecule has 0 aromatic heterocycles. The van der Waals surface area contributed by atoms with Crippen LogP contribution in [0.15, 0.2) is 78.9 Å². The van der Waals surface area contributed by atoms with Gasteiger partial charge in [-0.15, -0.1) is 0 Å². The van der Waals surface area contributed by atoms with Crippen LogP contribution in [0.3, 0.4) is 0 Å². The van der Waals surface area contributed by atoms with Gasteiger partial charge in [-0.1, -0.05) is 60.1 Å². The Morgan fingerprint density at radius 2 is 1.60 bits per heavy atom. The Kier molecular flexibility index (Phi) is 8.42. The first-order valence-corrected chi connectivity index (χ1v) is 12.1. The van der Waals surface area contributed by atoms with E-state index in [0.29, 0.717) is 12.1 Å². The van der Waals surface area contributed by atoms with Gasteiger partial charge in [0.05, 0.1) is 6.04 Å². The van der Waals surface area contributed by atoms with Crippen molar-refractivity contribution in [2.45, 2.75) is 6.04 Å². The highest BCUT2D eigenvalue weighted by Gasteiger charge is 2.26. The second kappa shape index (κ2) is 11.9. The molecule has 1 unspecified atom stereocenters. The summed E-state index contributed by atoms with van der Waals surface area (Å²) in [6, 6.07) is 23.3. The summed E-state index contributed by atoms with van der Waals surface area (Å²) in [5.74, 6) is -0.588. The average Bonchev–Trinajstić information content (AvgIpc) is 2.88. The number of halogens is 1. The van der Waals surface area contributed by atoms with Crippen molar-refractivity contribution in [3.63, 3.8) is 0 Å². The topological polar surface area (TPSA) is 76.0 Å². The highest BCUT2D eigenvalue weighted by molar-refractivity contribution is 6.30. The number of carbonyl (C=O) groups is 1. The van der Waals surface area contributed by atoms with Crippen molar-refractivity contribution >= 4 is 23.6 Å². The Labute approximate surface area is 211 Å². The molecule has 1 saturated heterocycles. The van der Waals surface area contributed by atoms with E-state index in [4.69, 9.17) is 11.6 Å². The molecular weight excluding hydrogens is 462 g/mol. The Morgan fingerprint density at radius 3 is 2.29 bits per heavy atom. The van der Waals surface area contributed by atoms with Crippen LogP contribution in [0.2, 0.25) is 5.02 Å². The van der Waals surface area contributed by atoms with E-state index in [1.807, 2.05) is 18.2 Å². The molecule has 3 aromatic rings. The van der Waals surface area contributed by atoms with Gasteiger partial charge in [0.15, 0.2) is 11.5 Å². The molecule has 6 nitrogen and oxygen atoms in total. The SMILES string of the molecule is O=C(/C=C/c1ccc(O)c(O)c1)NCCN1CCN(C(c2ccccc2)c2ccc(Cl)cc2)CC1. The van der Waals surface area contributed by atoms with Crippen molar-refractivity contribution in [2.75, 3.05) is 39.3 Å². The molecule has 3 N–H and O–H groups in total. The summed E-state index contributed by atoms with van der Waals surface area (Å²) in [5, 5.41) is 22.6. The minimum atomic E-state index is -0.211. The van der Waals surface area contributed by atoms with Gasteiger partial charge in [-0.25, -0.2) is 0 Å². The molecule has 4 rings (SSSR count). The maximum absolute atomic E-state index is 12.1. The number of hydrogen-bond donors (Lipinski definition) is 3. The van der Waals surface area contributed by atoms with Crippen molar-refractivity contribution < 1.29 is 15.0 Å². The highest BCUT2D eigenvalue weighted by atomic mass is 35.5. The van der Waals surface area contributed by atoms with Crippen molar-refractivity contribution in [3.05, 3.63) is 101 Å². The van der Waals surface area contributed by atoms with Crippen molar-refractivity contribution in [1.29, 1.82) is 0 Å². The number of aromatic hydroxyl groups is 2. The molecule has 0 saturated carbocycles. The van der Waals surface area contributed by atoms with Crippen LogP contribution in [0.25, 0.3) is 6.08 Å². The van der Waals surface area contributed by atoms with Crippen molar-refractivity contribution in [2.24, 2.45) is 0 Å². The smallest absolute Gasteiger partial charge is 0.244 e. The third-order valence-corrected chi connectivity index (χ3v) is 6.48. The first kappa shape index (κ1) is 24.8. The van der Waals surface area contributed by atoms with Gasteiger partial charge < -0.3 is 15.5 Å². The molecule has 35 heavy (non-hydrogen) atoms. The maximum atomic E-state index is 12.1. The summed E-state index contributed by atoms with van der Waals surface area (Å²) < 4.78 is 0. The lowest BCUT2D eigenvalue weighted by atomic mass is 9.96. The summed E-state index contributed by atoms with van der Waals surface area (Å²) in [4.78, 5) is 17.0. The number of piperazine rings is 1. The Hall–Kier alpha value is -3.32. The Morgan fingerprint density at radius 1 is 0.914 bits per heavy atom. The molecule has 1 heterocycles. The summed E-state index contributed by atoms with van der Waals surface area (Å²) in [5.41, 5.74) is 3.14. The van der Waals surface area contributed by atoms with Gasteiger partial charge in [-0.05, 0) is 47.0 Å². The first-order chi connectivity index (χ1) is 17.0. The minimum absolute atomic E-state index is 0.180. The first-order valence-electron chi connectivity index (χ1n) is 11.7. The summed E-state index contributed by atoms with van der Waals surface area (Å²) >= 11 is 6.13. The third kappa shape index (κ3) is 6.85. The van der Waals surface area contributed by atoms with Crippen LogP contribution in [-0.4, -0.2) is 65.2 Å². The number of amides is 1. The summed E-state index contributed by atoms with van der Waals surface area (Å²) in [6.07, 6.45) is 3.04. The monoisotopic (exact) mass is 491 g/mol. The van der Waals surface area contributed by atoms with Crippen LogP contribution in [0.4, 0.5) is 0 Å². The molecule has 7 heteroatoms. The van der Waals surface area contributed by atoms with Crippen LogP contribution in [0.1, 0.15) is 22.7 Å². The zero-order valence-electron chi connectivity index (χ0n) is 19.5. The van der Waals surface area contributed by atoms with Gasteiger partial charge in [0.25, 0.3) is 0 Å². The molecule has 1 aliphatic rings. The highest BCUT2D eigenvalue weighted by Crippen LogP contribution is 2.30. The molecule has 0 radical (unpaired) electrons. The quantitative estimate of drug-likeness (QED) is 0.324. The summed E-state index contributed by atoms with van der Waals surface area (Å²) in [6.45, 7) is 5.05. The van der Waals surface area contributed by atoms with Crippen molar-refractivity contribution in [1.82, 2.24) is 15.1 Å². The predicted molar refractivity (Wildman–Crippen MR) is 140 cm³/mol. The van der Waals surface area contributed by atoms with E-state index in [2.05, 4.69) is 51.5 Å². The van der Waals surface area contributed by atoms with Crippen LogP contribution in [-0.2, 0) is 4.79 Å². The number of nitrogens with zero attached hydrogens (tertiary/aromatic N) is 2. The number of phenolic OH excluding ortho intramolecular Hbond substituents is 2. The number of benzene rings is 3. The van der Waals surface area contributed by atoms with E-state index in [9.17, 15) is 15.0 Å². The fourth-order valence-electron chi connectivity index (χ4n) is 4.35. The van der Waals surface area contributed by atoms with Gasteiger partial charge in [-0.2, -0.15) is 0 Å². The number of rotatable bonds is 8.